The van der Waals surface area contributed by atoms with Crippen LogP contribution < -0.4 is 0 Å². The second-order valence-corrected chi connectivity index (χ2v) is 2.72. The Balaban J connectivity index is 2.39. The van der Waals surface area contributed by atoms with E-state index in [9.17, 15) is 9.59 Å². The van der Waals surface area contributed by atoms with Crippen molar-refractivity contribution in [3.8, 4) is 0 Å². The minimum Gasteiger partial charge on any atom is -0.298 e. The molecule has 4 heteroatoms. The minimum absolute atomic E-state index is 0.193. The van der Waals surface area contributed by atoms with Gasteiger partial charge in [0.2, 0.25) is 0 Å². The van der Waals surface area contributed by atoms with Crippen LogP contribution in [0.3, 0.4) is 0 Å². The van der Waals surface area contributed by atoms with E-state index in [4.69, 9.17) is 0 Å². The fourth-order valence-electron chi connectivity index (χ4n) is 1.20. The number of carbonyl (C=O) groups is 2. The van der Waals surface area contributed by atoms with Gasteiger partial charge in [0.25, 0.3) is 5.91 Å². The number of aliphatic imine (C=N–C) groups is 2. The molecule has 1 unspecified atom stereocenters. The Bertz CT molecular complexity index is 388. The third-order valence-corrected chi connectivity index (χ3v) is 1.81. The van der Waals surface area contributed by atoms with Gasteiger partial charge in [-0.3, -0.25) is 14.6 Å². The van der Waals surface area contributed by atoms with Crippen molar-refractivity contribution in [1.29, 1.82) is 0 Å². The SMILES string of the molecule is O=CC1=CC2=NC(=O)C=NC2C=C1. The number of hydrogen-bond acceptors (Lipinski definition) is 3. The summed E-state index contributed by atoms with van der Waals surface area (Å²) in [4.78, 5) is 28.9. The van der Waals surface area contributed by atoms with Crippen LogP contribution in [0.5, 0.6) is 0 Å². The number of rotatable bonds is 1. The maximum Gasteiger partial charge on any atom is 0.288 e. The van der Waals surface area contributed by atoms with Gasteiger partial charge in [0, 0.05) is 5.57 Å². The predicted octanol–water partition coefficient (Wildman–Crippen LogP) is 0.102. The molecule has 4 nitrogen and oxygen atoms in total. The lowest BCUT2D eigenvalue weighted by Gasteiger charge is -2.14. The number of nitrogens with zero attached hydrogens (tertiary/aromatic N) is 2. The second kappa shape index (κ2) is 2.90. The number of carbonyl (C=O) groups excluding carboxylic acids is 2. The maximum atomic E-state index is 10.8. The molecule has 0 aromatic heterocycles. The van der Waals surface area contributed by atoms with Gasteiger partial charge in [-0.05, 0) is 6.08 Å². The van der Waals surface area contributed by atoms with E-state index in [0.717, 1.165) is 6.29 Å². The van der Waals surface area contributed by atoms with E-state index in [1.54, 1.807) is 18.2 Å². The standard InChI is InChI=1S/C9H6N2O2/c12-5-6-1-2-7-8(3-6)11-9(13)4-10-7/h1-5,7H. The highest BCUT2D eigenvalue weighted by atomic mass is 16.1. The highest BCUT2D eigenvalue weighted by molar-refractivity contribution is 6.33. The van der Waals surface area contributed by atoms with Gasteiger partial charge in [0.05, 0.1) is 11.9 Å². The molecule has 1 amide bonds. The quantitative estimate of drug-likeness (QED) is 0.529. The molecule has 0 N–H and O–H groups in total. The monoisotopic (exact) mass is 174 g/mol. The molecule has 2 rings (SSSR count). The summed E-state index contributed by atoms with van der Waals surface area (Å²) in [6.07, 6.45) is 6.90. The lowest BCUT2D eigenvalue weighted by molar-refractivity contribution is -0.111. The van der Waals surface area contributed by atoms with Crippen molar-refractivity contribution in [2.24, 2.45) is 9.98 Å². The summed E-state index contributed by atoms with van der Waals surface area (Å²) in [6.45, 7) is 0. The van der Waals surface area contributed by atoms with E-state index in [2.05, 4.69) is 9.98 Å². The van der Waals surface area contributed by atoms with Crippen molar-refractivity contribution in [3.63, 3.8) is 0 Å². The Hall–Kier alpha value is -1.84. The van der Waals surface area contributed by atoms with Crippen LogP contribution in [0.4, 0.5) is 0 Å². The van der Waals surface area contributed by atoms with Crippen molar-refractivity contribution in [2.75, 3.05) is 0 Å². The van der Waals surface area contributed by atoms with E-state index < -0.39 is 0 Å². The smallest absolute Gasteiger partial charge is 0.288 e. The van der Waals surface area contributed by atoms with Crippen LogP contribution in [0.2, 0.25) is 0 Å². The summed E-state index contributed by atoms with van der Waals surface area (Å²) in [6, 6.07) is -0.193. The molecule has 0 saturated heterocycles. The zero-order valence-electron chi connectivity index (χ0n) is 6.68. The van der Waals surface area contributed by atoms with Crippen molar-refractivity contribution >= 4 is 24.1 Å². The van der Waals surface area contributed by atoms with Gasteiger partial charge >= 0.3 is 0 Å². The Morgan fingerprint density at radius 3 is 3.08 bits per heavy atom. The van der Waals surface area contributed by atoms with Crippen LogP contribution >= 0.6 is 0 Å². The summed E-state index contributed by atoms with van der Waals surface area (Å²) in [5.41, 5.74) is 1.05. The van der Waals surface area contributed by atoms with Gasteiger partial charge in [0.1, 0.15) is 12.3 Å². The molecule has 1 atom stereocenters. The summed E-state index contributed by atoms with van der Waals surface area (Å²) < 4.78 is 0. The van der Waals surface area contributed by atoms with Crippen molar-refractivity contribution < 1.29 is 9.59 Å². The molecule has 0 fully saturated rings. The molecular formula is C9H6N2O2. The largest absolute Gasteiger partial charge is 0.298 e. The van der Waals surface area contributed by atoms with Gasteiger partial charge in [-0.15, -0.1) is 0 Å². The fourth-order valence-corrected chi connectivity index (χ4v) is 1.20. The van der Waals surface area contributed by atoms with Gasteiger partial charge in [-0.25, -0.2) is 4.99 Å². The zero-order valence-corrected chi connectivity index (χ0v) is 6.68. The Kier molecular flexibility index (Phi) is 1.73. The van der Waals surface area contributed by atoms with E-state index in [-0.39, 0.29) is 11.9 Å². The van der Waals surface area contributed by atoms with Crippen molar-refractivity contribution in [2.45, 2.75) is 6.04 Å². The van der Waals surface area contributed by atoms with Gasteiger partial charge in [-0.1, -0.05) is 12.2 Å². The topological polar surface area (TPSA) is 58.9 Å². The summed E-state index contributed by atoms with van der Waals surface area (Å²) in [5.74, 6) is -0.372. The van der Waals surface area contributed by atoms with Gasteiger partial charge < -0.3 is 0 Å². The van der Waals surface area contributed by atoms with E-state index in [1.165, 1.54) is 6.21 Å². The molecule has 0 bridgehead atoms. The summed E-state index contributed by atoms with van der Waals surface area (Å²) in [5, 5.41) is 0. The molecular weight excluding hydrogens is 168 g/mol. The Labute approximate surface area is 74.4 Å². The van der Waals surface area contributed by atoms with Gasteiger partial charge in [-0.2, -0.15) is 0 Å². The van der Waals surface area contributed by atoms with Crippen LogP contribution in [0.15, 0.2) is 33.8 Å². The normalized spacial score (nSPS) is 24.9. The van der Waals surface area contributed by atoms with Crippen LogP contribution in [0.1, 0.15) is 0 Å². The Morgan fingerprint density at radius 1 is 1.46 bits per heavy atom. The molecule has 1 aliphatic heterocycles. The molecule has 1 aliphatic carbocycles. The first kappa shape index (κ1) is 7.79. The average Bonchev–Trinajstić information content (AvgIpc) is 2.16. The van der Waals surface area contributed by atoms with E-state index in [0.29, 0.717) is 11.3 Å². The molecule has 64 valence electrons. The second-order valence-electron chi connectivity index (χ2n) is 2.72. The first-order valence-corrected chi connectivity index (χ1v) is 3.80. The maximum absolute atomic E-state index is 10.8. The van der Waals surface area contributed by atoms with Crippen molar-refractivity contribution in [3.05, 3.63) is 23.8 Å². The molecule has 0 saturated carbocycles. The minimum atomic E-state index is -0.372. The number of fused-ring (bicyclic) bond motifs is 1. The number of aldehydes is 1. The third kappa shape index (κ3) is 1.38. The van der Waals surface area contributed by atoms with Crippen molar-refractivity contribution in [1.82, 2.24) is 0 Å². The average molecular weight is 174 g/mol. The molecule has 13 heavy (non-hydrogen) atoms. The Morgan fingerprint density at radius 2 is 2.31 bits per heavy atom. The predicted molar refractivity (Wildman–Crippen MR) is 48.0 cm³/mol. The number of allylic oxidation sites excluding steroid dienone is 2. The summed E-state index contributed by atoms with van der Waals surface area (Å²) >= 11 is 0. The van der Waals surface area contributed by atoms with Gasteiger partial charge in [0.15, 0.2) is 0 Å². The van der Waals surface area contributed by atoms with Crippen LogP contribution in [-0.2, 0) is 9.59 Å². The molecule has 0 spiro atoms. The number of hydrogen-bond donors (Lipinski definition) is 0. The first-order chi connectivity index (χ1) is 6.29. The lowest BCUT2D eigenvalue weighted by atomic mass is 10.0. The first-order valence-electron chi connectivity index (χ1n) is 3.80. The lowest BCUT2D eigenvalue weighted by Crippen LogP contribution is -2.24. The summed E-state index contributed by atoms with van der Waals surface area (Å²) in [7, 11) is 0. The van der Waals surface area contributed by atoms with Crippen LogP contribution in [-0.4, -0.2) is 30.2 Å². The highest BCUT2D eigenvalue weighted by Gasteiger charge is 2.18. The molecule has 0 aromatic carbocycles. The molecule has 0 aromatic rings. The zero-order chi connectivity index (χ0) is 9.26. The van der Waals surface area contributed by atoms with Crippen LogP contribution in [0.25, 0.3) is 0 Å². The van der Waals surface area contributed by atoms with E-state index in [1.807, 2.05) is 0 Å². The van der Waals surface area contributed by atoms with E-state index >= 15 is 0 Å². The molecule has 1 heterocycles. The highest BCUT2D eigenvalue weighted by Crippen LogP contribution is 2.12. The number of amides is 1. The molecule has 0 radical (unpaired) electrons. The molecule has 2 aliphatic rings. The van der Waals surface area contributed by atoms with Crippen LogP contribution in [0, 0.1) is 0 Å². The fraction of sp³-hybridized carbons (Fsp3) is 0.111. The third-order valence-electron chi connectivity index (χ3n) is 1.81.